The maximum atomic E-state index is 8.75. The van der Waals surface area contributed by atoms with E-state index >= 15 is 0 Å². The highest BCUT2D eigenvalue weighted by atomic mass is 16.5. The van der Waals surface area contributed by atoms with Gasteiger partial charge in [-0.3, -0.25) is 0 Å². The van der Waals surface area contributed by atoms with Crippen LogP contribution in [0.3, 0.4) is 0 Å². The highest BCUT2D eigenvalue weighted by molar-refractivity contribution is 5.42. The van der Waals surface area contributed by atoms with Crippen LogP contribution in [0.5, 0.6) is 5.75 Å². The molecule has 21 heavy (non-hydrogen) atoms. The average molecular weight is 281 g/mol. The molecule has 1 aromatic heterocycles. The molecule has 108 valence electrons. The highest BCUT2D eigenvalue weighted by Gasteiger charge is 2.04. The molecule has 0 atom stereocenters. The van der Waals surface area contributed by atoms with Crippen molar-refractivity contribution in [3.63, 3.8) is 0 Å². The number of pyridine rings is 1. The Bertz CT molecular complexity index is 615. The van der Waals surface area contributed by atoms with E-state index in [0.717, 1.165) is 17.1 Å². The van der Waals surface area contributed by atoms with Gasteiger partial charge in [0.05, 0.1) is 12.2 Å². The lowest BCUT2D eigenvalue weighted by Gasteiger charge is -2.13. The van der Waals surface area contributed by atoms with E-state index in [0.29, 0.717) is 24.6 Å². The van der Waals surface area contributed by atoms with Gasteiger partial charge in [-0.2, -0.15) is 5.26 Å². The number of aromatic nitrogens is 1. The van der Waals surface area contributed by atoms with Crippen LogP contribution < -0.4 is 10.1 Å². The molecule has 0 amide bonds. The second kappa shape index (κ2) is 7.30. The Hall–Kier alpha value is -2.54. The molecule has 4 heteroatoms. The summed E-state index contributed by atoms with van der Waals surface area (Å²) < 4.78 is 5.82. The van der Waals surface area contributed by atoms with Gasteiger partial charge in [-0.15, -0.1) is 0 Å². The van der Waals surface area contributed by atoms with Crippen LogP contribution in [0.4, 0.5) is 5.82 Å². The van der Waals surface area contributed by atoms with Crippen LogP contribution in [-0.2, 0) is 6.54 Å². The van der Waals surface area contributed by atoms with Crippen molar-refractivity contribution >= 4 is 5.82 Å². The molecule has 0 saturated heterocycles. The Balaban J connectivity index is 2.00. The second-order valence-corrected chi connectivity index (χ2v) is 5.21. The number of nitrogens with one attached hydrogen (secondary N) is 1. The quantitative estimate of drug-likeness (QED) is 0.879. The van der Waals surface area contributed by atoms with Crippen molar-refractivity contribution in [2.75, 3.05) is 11.9 Å². The molecule has 0 unspecified atom stereocenters. The number of hydrogen-bond acceptors (Lipinski definition) is 4. The largest absolute Gasteiger partial charge is 0.493 e. The van der Waals surface area contributed by atoms with Crippen LogP contribution in [0.2, 0.25) is 0 Å². The van der Waals surface area contributed by atoms with E-state index < -0.39 is 0 Å². The summed E-state index contributed by atoms with van der Waals surface area (Å²) in [6.07, 6.45) is 1.56. The van der Waals surface area contributed by atoms with E-state index in [-0.39, 0.29) is 0 Å². The zero-order valence-corrected chi connectivity index (χ0v) is 12.3. The number of benzene rings is 1. The van der Waals surface area contributed by atoms with E-state index in [2.05, 4.69) is 30.2 Å². The molecule has 0 spiro atoms. The van der Waals surface area contributed by atoms with Gasteiger partial charge in [-0.05, 0) is 24.1 Å². The maximum Gasteiger partial charge on any atom is 0.126 e. The molecule has 0 radical (unpaired) electrons. The molecule has 2 aromatic rings. The molecular weight excluding hydrogens is 262 g/mol. The molecule has 0 bridgehead atoms. The molecule has 4 nitrogen and oxygen atoms in total. The number of hydrogen-bond donors (Lipinski definition) is 1. The Labute approximate surface area is 125 Å². The standard InChI is InChI=1S/C17H19N3O/c1-13(2)12-21-16-6-4-3-5-15(16)11-20-17-8-7-14(9-18)10-19-17/h3-8,10,13H,11-12H2,1-2H3,(H,19,20). The predicted octanol–water partition coefficient (Wildman–Crippen LogP) is 3.60. The predicted molar refractivity (Wildman–Crippen MR) is 83.1 cm³/mol. The van der Waals surface area contributed by atoms with Gasteiger partial charge in [0.15, 0.2) is 0 Å². The minimum Gasteiger partial charge on any atom is -0.493 e. The molecule has 1 aromatic carbocycles. The molecular formula is C17H19N3O. The summed E-state index contributed by atoms with van der Waals surface area (Å²) in [4.78, 5) is 4.19. The fourth-order valence-corrected chi connectivity index (χ4v) is 1.80. The smallest absolute Gasteiger partial charge is 0.126 e. The Morgan fingerprint density at radius 1 is 1.24 bits per heavy atom. The minimum atomic E-state index is 0.492. The third-order valence-electron chi connectivity index (χ3n) is 2.90. The van der Waals surface area contributed by atoms with Gasteiger partial charge < -0.3 is 10.1 Å². The van der Waals surface area contributed by atoms with E-state index in [1.165, 1.54) is 0 Å². The van der Waals surface area contributed by atoms with Gasteiger partial charge in [-0.1, -0.05) is 32.0 Å². The number of ether oxygens (including phenoxy) is 1. The fraction of sp³-hybridized carbons (Fsp3) is 0.294. The topological polar surface area (TPSA) is 57.9 Å². The summed E-state index contributed by atoms with van der Waals surface area (Å²) in [7, 11) is 0. The lowest BCUT2D eigenvalue weighted by Crippen LogP contribution is -2.08. The van der Waals surface area contributed by atoms with E-state index in [1.54, 1.807) is 18.3 Å². The third kappa shape index (κ3) is 4.50. The summed E-state index contributed by atoms with van der Waals surface area (Å²) in [5.74, 6) is 2.13. The van der Waals surface area contributed by atoms with Crippen LogP contribution in [0.15, 0.2) is 42.6 Å². The van der Waals surface area contributed by atoms with Crippen molar-refractivity contribution < 1.29 is 4.74 Å². The molecule has 0 saturated carbocycles. The van der Waals surface area contributed by atoms with Gasteiger partial charge in [0.1, 0.15) is 17.6 Å². The summed E-state index contributed by atoms with van der Waals surface area (Å²) in [5, 5.41) is 12.0. The van der Waals surface area contributed by atoms with Gasteiger partial charge in [0, 0.05) is 18.3 Å². The lowest BCUT2D eigenvalue weighted by atomic mass is 10.2. The van der Waals surface area contributed by atoms with Crippen LogP contribution in [-0.4, -0.2) is 11.6 Å². The number of anilines is 1. The van der Waals surface area contributed by atoms with Gasteiger partial charge >= 0.3 is 0 Å². The van der Waals surface area contributed by atoms with Crippen LogP contribution in [0.1, 0.15) is 25.0 Å². The van der Waals surface area contributed by atoms with Crippen molar-refractivity contribution in [3.8, 4) is 11.8 Å². The average Bonchev–Trinajstić information content (AvgIpc) is 2.52. The first kappa shape index (κ1) is 14.9. The van der Waals surface area contributed by atoms with Crippen molar-refractivity contribution in [1.29, 1.82) is 5.26 Å². The lowest BCUT2D eigenvalue weighted by molar-refractivity contribution is 0.269. The van der Waals surface area contributed by atoms with E-state index in [1.807, 2.05) is 24.3 Å². The summed E-state index contributed by atoms with van der Waals surface area (Å²) in [5.41, 5.74) is 1.64. The molecule has 2 rings (SSSR count). The van der Waals surface area contributed by atoms with Crippen LogP contribution in [0.25, 0.3) is 0 Å². The minimum absolute atomic E-state index is 0.492. The molecule has 1 N–H and O–H groups in total. The zero-order chi connectivity index (χ0) is 15.1. The number of nitrogens with zero attached hydrogens (tertiary/aromatic N) is 2. The first-order valence-corrected chi connectivity index (χ1v) is 6.99. The van der Waals surface area contributed by atoms with Gasteiger partial charge in [-0.25, -0.2) is 4.98 Å². The third-order valence-corrected chi connectivity index (χ3v) is 2.90. The molecule has 0 aliphatic carbocycles. The molecule has 1 heterocycles. The first-order chi connectivity index (χ1) is 10.2. The van der Waals surface area contributed by atoms with Crippen LogP contribution >= 0.6 is 0 Å². The van der Waals surface area contributed by atoms with Crippen molar-refractivity contribution in [3.05, 3.63) is 53.7 Å². The van der Waals surface area contributed by atoms with Crippen molar-refractivity contribution in [2.24, 2.45) is 5.92 Å². The summed E-state index contributed by atoms with van der Waals surface area (Å²) in [6.45, 7) is 5.59. The number of nitriles is 1. The van der Waals surface area contributed by atoms with Gasteiger partial charge in [0.25, 0.3) is 0 Å². The van der Waals surface area contributed by atoms with Crippen molar-refractivity contribution in [2.45, 2.75) is 20.4 Å². The molecule has 0 fully saturated rings. The van der Waals surface area contributed by atoms with Gasteiger partial charge in [0.2, 0.25) is 0 Å². The summed E-state index contributed by atoms with van der Waals surface area (Å²) in [6, 6.07) is 13.6. The maximum absolute atomic E-state index is 8.75. The molecule has 0 aliphatic heterocycles. The fourth-order valence-electron chi connectivity index (χ4n) is 1.80. The monoisotopic (exact) mass is 281 g/mol. The van der Waals surface area contributed by atoms with E-state index in [4.69, 9.17) is 10.00 Å². The normalized spacial score (nSPS) is 10.2. The number of para-hydroxylation sites is 1. The Morgan fingerprint density at radius 2 is 2.05 bits per heavy atom. The Kier molecular flexibility index (Phi) is 5.16. The number of rotatable bonds is 6. The SMILES string of the molecule is CC(C)COc1ccccc1CNc1ccc(C#N)cn1. The van der Waals surface area contributed by atoms with Crippen LogP contribution in [0, 0.1) is 17.2 Å². The zero-order valence-electron chi connectivity index (χ0n) is 12.3. The van der Waals surface area contributed by atoms with Crippen molar-refractivity contribution in [1.82, 2.24) is 4.98 Å². The molecule has 0 aliphatic rings. The van der Waals surface area contributed by atoms with E-state index in [9.17, 15) is 0 Å². The summed E-state index contributed by atoms with van der Waals surface area (Å²) >= 11 is 0. The highest BCUT2D eigenvalue weighted by Crippen LogP contribution is 2.20. The second-order valence-electron chi connectivity index (χ2n) is 5.21. The Morgan fingerprint density at radius 3 is 2.71 bits per heavy atom. The first-order valence-electron chi connectivity index (χ1n) is 6.99.